The van der Waals surface area contributed by atoms with Crippen molar-refractivity contribution in [3.63, 3.8) is 0 Å². The van der Waals surface area contributed by atoms with Gasteiger partial charge in [-0.1, -0.05) is 18.2 Å². The second-order valence-corrected chi connectivity index (χ2v) is 8.74. The maximum Gasteiger partial charge on any atom is 0.247 e. The second-order valence-electron chi connectivity index (χ2n) is 8.74. The van der Waals surface area contributed by atoms with E-state index in [-0.39, 0.29) is 41.4 Å². The van der Waals surface area contributed by atoms with Crippen molar-refractivity contribution < 1.29 is 14.4 Å². The lowest BCUT2D eigenvalue weighted by Crippen LogP contribution is -2.46. The van der Waals surface area contributed by atoms with Gasteiger partial charge in [0.15, 0.2) is 0 Å². The van der Waals surface area contributed by atoms with Gasteiger partial charge >= 0.3 is 0 Å². The van der Waals surface area contributed by atoms with Crippen LogP contribution in [0, 0.1) is 49.4 Å². The summed E-state index contributed by atoms with van der Waals surface area (Å²) < 4.78 is 0. The summed E-state index contributed by atoms with van der Waals surface area (Å²) in [6.07, 6.45) is 5.43. The van der Waals surface area contributed by atoms with Gasteiger partial charge in [-0.25, -0.2) is 0 Å². The Bertz CT molecular complexity index is 849. The number of imide groups is 1. The molecule has 1 aromatic carbocycles. The van der Waals surface area contributed by atoms with Crippen LogP contribution in [0.25, 0.3) is 0 Å². The molecular formula is C22H24N2O3. The maximum atomic E-state index is 13.1. The van der Waals surface area contributed by atoms with E-state index in [1.165, 1.54) is 4.90 Å². The summed E-state index contributed by atoms with van der Waals surface area (Å²) in [6, 6.07) is 5.02. The molecule has 1 saturated heterocycles. The number of aryl methyl sites for hydroxylation is 2. The van der Waals surface area contributed by atoms with Gasteiger partial charge < -0.3 is 5.32 Å². The summed E-state index contributed by atoms with van der Waals surface area (Å²) in [4.78, 5) is 40.2. The average molecular weight is 364 g/mol. The number of hydrogen-bond acceptors (Lipinski definition) is 3. The predicted molar refractivity (Wildman–Crippen MR) is 101 cm³/mol. The topological polar surface area (TPSA) is 66.5 Å². The molecule has 4 aliphatic carbocycles. The van der Waals surface area contributed by atoms with Crippen molar-refractivity contribution in [3.05, 3.63) is 41.5 Å². The molecule has 140 valence electrons. The van der Waals surface area contributed by atoms with E-state index in [1.54, 1.807) is 6.92 Å². The first-order valence-electron chi connectivity index (χ1n) is 9.81. The third-order valence-electron chi connectivity index (χ3n) is 6.95. The smallest absolute Gasteiger partial charge is 0.247 e. The molecule has 27 heavy (non-hydrogen) atoms. The van der Waals surface area contributed by atoms with Crippen LogP contribution in [0.5, 0.6) is 0 Å². The Labute approximate surface area is 158 Å². The van der Waals surface area contributed by atoms with Crippen LogP contribution in [0.2, 0.25) is 0 Å². The van der Waals surface area contributed by atoms with Gasteiger partial charge in [-0.15, -0.1) is 0 Å². The largest absolute Gasteiger partial charge is 0.324 e. The van der Waals surface area contributed by atoms with Crippen LogP contribution in [0.15, 0.2) is 30.4 Å². The molecule has 7 unspecified atom stereocenters. The van der Waals surface area contributed by atoms with E-state index in [9.17, 15) is 14.4 Å². The Balaban J connectivity index is 1.38. The van der Waals surface area contributed by atoms with E-state index in [0.29, 0.717) is 17.5 Å². The lowest BCUT2D eigenvalue weighted by molar-refractivity contribution is -0.146. The lowest BCUT2D eigenvalue weighted by atomic mass is 9.63. The first-order chi connectivity index (χ1) is 12.9. The standard InChI is InChI=1S/C22H24N2O3/c1-10-6-11(2)8-13(7-10)23-20(25)12(3)24-21(26)18-14-4-5-15(17-9-16(14)17)19(18)22(24)27/h4-8,12,14-19H,9H2,1-3H3,(H,23,25). The van der Waals surface area contributed by atoms with Gasteiger partial charge in [-0.2, -0.15) is 0 Å². The Hall–Kier alpha value is -2.43. The van der Waals surface area contributed by atoms with Gasteiger partial charge in [0.1, 0.15) is 6.04 Å². The van der Waals surface area contributed by atoms with Gasteiger partial charge in [0.2, 0.25) is 17.7 Å². The molecule has 5 heteroatoms. The van der Waals surface area contributed by atoms with E-state index in [2.05, 4.69) is 17.5 Å². The highest BCUT2D eigenvalue weighted by molar-refractivity contribution is 6.10. The predicted octanol–water partition coefficient (Wildman–Crippen LogP) is 2.68. The van der Waals surface area contributed by atoms with Crippen LogP contribution in [0.4, 0.5) is 5.69 Å². The average Bonchev–Trinajstić information content (AvgIpc) is 3.38. The van der Waals surface area contributed by atoms with Gasteiger partial charge in [0.05, 0.1) is 11.8 Å². The van der Waals surface area contributed by atoms with E-state index in [1.807, 2.05) is 32.0 Å². The minimum atomic E-state index is -0.799. The fraction of sp³-hybridized carbons (Fsp3) is 0.500. The fourth-order valence-electron chi connectivity index (χ4n) is 5.77. The van der Waals surface area contributed by atoms with E-state index < -0.39 is 6.04 Å². The van der Waals surface area contributed by atoms with Crippen molar-refractivity contribution in [1.29, 1.82) is 0 Å². The van der Waals surface area contributed by atoms with Gasteiger partial charge in [-0.05, 0) is 74.1 Å². The molecule has 2 bridgehead atoms. The van der Waals surface area contributed by atoms with E-state index in [4.69, 9.17) is 0 Å². The van der Waals surface area contributed by atoms with E-state index >= 15 is 0 Å². The molecule has 5 aliphatic rings. The number of carbonyl (C=O) groups excluding carboxylic acids is 3. The quantitative estimate of drug-likeness (QED) is 0.662. The van der Waals surface area contributed by atoms with Crippen LogP contribution in [0.3, 0.4) is 0 Å². The molecule has 1 N–H and O–H groups in total. The number of nitrogens with zero attached hydrogens (tertiary/aromatic N) is 1. The van der Waals surface area contributed by atoms with Crippen molar-refractivity contribution in [2.75, 3.05) is 5.32 Å². The number of amides is 3. The van der Waals surface area contributed by atoms with Crippen molar-refractivity contribution in [3.8, 4) is 0 Å². The number of rotatable bonds is 3. The van der Waals surface area contributed by atoms with Crippen LogP contribution in [-0.4, -0.2) is 28.7 Å². The summed E-state index contributed by atoms with van der Waals surface area (Å²) in [7, 11) is 0. The molecule has 1 aliphatic heterocycles. The molecule has 0 radical (unpaired) electrons. The number of carbonyl (C=O) groups is 3. The van der Waals surface area contributed by atoms with Crippen molar-refractivity contribution >= 4 is 23.4 Å². The highest BCUT2D eigenvalue weighted by atomic mass is 16.2. The summed E-state index contributed by atoms with van der Waals surface area (Å²) in [5.41, 5.74) is 2.81. The third kappa shape index (κ3) is 2.33. The number of hydrogen-bond donors (Lipinski definition) is 1. The minimum absolute atomic E-state index is 0.155. The zero-order valence-electron chi connectivity index (χ0n) is 15.8. The number of anilines is 1. The van der Waals surface area contributed by atoms with Gasteiger partial charge in [0, 0.05) is 5.69 Å². The van der Waals surface area contributed by atoms with E-state index in [0.717, 1.165) is 17.5 Å². The van der Waals surface area contributed by atoms with Crippen molar-refractivity contribution in [2.24, 2.45) is 35.5 Å². The zero-order chi connectivity index (χ0) is 19.0. The molecule has 1 aromatic rings. The fourth-order valence-corrected chi connectivity index (χ4v) is 5.77. The van der Waals surface area contributed by atoms with Crippen molar-refractivity contribution in [1.82, 2.24) is 4.90 Å². The normalized spacial score (nSPS) is 36.5. The van der Waals surface area contributed by atoms with Crippen molar-refractivity contribution in [2.45, 2.75) is 33.2 Å². The van der Waals surface area contributed by atoms with Gasteiger partial charge in [0.25, 0.3) is 0 Å². The first-order valence-corrected chi connectivity index (χ1v) is 9.81. The highest BCUT2D eigenvalue weighted by Gasteiger charge is 2.67. The van der Waals surface area contributed by atoms with Gasteiger partial charge in [-0.3, -0.25) is 19.3 Å². The molecule has 3 fully saturated rings. The molecule has 2 saturated carbocycles. The SMILES string of the molecule is Cc1cc(C)cc(NC(=O)C(C)N2C(=O)C3C4C=CC(C5CC45)C3C2=O)c1. The Kier molecular flexibility index (Phi) is 3.43. The number of nitrogens with one attached hydrogen (secondary N) is 1. The Morgan fingerprint density at radius 2 is 1.52 bits per heavy atom. The van der Waals surface area contributed by atoms with Crippen LogP contribution in [0.1, 0.15) is 24.5 Å². The third-order valence-corrected chi connectivity index (χ3v) is 6.95. The number of likely N-dealkylation sites (tertiary alicyclic amines) is 1. The molecule has 3 amide bonds. The molecule has 5 nitrogen and oxygen atoms in total. The highest BCUT2D eigenvalue weighted by Crippen LogP contribution is 2.65. The maximum absolute atomic E-state index is 13.1. The second kappa shape index (κ2) is 5.54. The summed E-state index contributed by atoms with van der Waals surface area (Å²) >= 11 is 0. The minimum Gasteiger partial charge on any atom is -0.324 e. The summed E-state index contributed by atoms with van der Waals surface area (Å²) in [5.74, 6) is 0.360. The summed E-state index contributed by atoms with van der Waals surface area (Å²) in [5, 5.41) is 2.88. The lowest BCUT2D eigenvalue weighted by Gasteiger charge is -2.37. The zero-order valence-corrected chi connectivity index (χ0v) is 15.8. The molecule has 0 aromatic heterocycles. The van der Waals surface area contributed by atoms with Crippen LogP contribution in [-0.2, 0) is 14.4 Å². The molecular weight excluding hydrogens is 340 g/mol. The van der Waals surface area contributed by atoms with Crippen LogP contribution >= 0.6 is 0 Å². The molecule has 1 heterocycles. The molecule has 7 atom stereocenters. The first kappa shape index (κ1) is 16.7. The number of allylic oxidation sites excluding steroid dienone is 2. The summed E-state index contributed by atoms with van der Waals surface area (Å²) in [6.45, 7) is 5.60. The Morgan fingerprint density at radius 3 is 2.04 bits per heavy atom. The molecule has 0 spiro atoms. The van der Waals surface area contributed by atoms with Crippen LogP contribution < -0.4 is 5.32 Å². The Morgan fingerprint density at radius 1 is 1.00 bits per heavy atom. The monoisotopic (exact) mass is 364 g/mol. The molecule has 6 rings (SSSR count). The number of benzene rings is 1.